The van der Waals surface area contributed by atoms with Crippen LogP contribution in [0.1, 0.15) is 15.9 Å². The van der Waals surface area contributed by atoms with Crippen LogP contribution in [0.5, 0.6) is 17.2 Å². The van der Waals surface area contributed by atoms with E-state index in [1.165, 1.54) is 23.5 Å². The van der Waals surface area contributed by atoms with Crippen LogP contribution in [0.4, 0.5) is 0 Å². The molecule has 7 nitrogen and oxygen atoms in total. The number of hydrogen-bond donors (Lipinski definition) is 2. The van der Waals surface area contributed by atoms with E-state index < -0.39 is 5.97 Å². The van der Waals surface area contributed by atoms with Gasteiger partial charge in [-0.2, -0.15) is 5.26 Å². The molecule has 130 valence electrons. The van der Waals surface area contributed by atoms with Crippen molar-refractivity contribution in [2.45, 2.75) is 0 Å². The van der Waals surface area contributed by atoms with Crippen molar-refractivity contribution in [2.75, 3.05) is 13.2 Å². The highest BCUT2D eigenvalue weighted by molar-refractivity contribution is 7.14. The Bertz CT molecular complexity index is 1060. The molecule has 4 rings (SSSR count). The van der Waals surface area contributed by atoms with Gasteiger partial charge < -0.3 is 24.3 Å². The first-order chi connectivity index (χ1) is 12.6. The van der Waals surface area contributed by atoms with Crippen molar-refractivity contribution in [3.8, 4) is 39.4 Å². The third-order valence-corrected chi connectivity index (χ3v) is 4.98. The van der Waals surface area contributed by atoms with Gasteiger partial charge in [-0.05, 0) is 12.1 Å². The molecule has 0 unspecified atom stereocenters. The maximum Gasteiger partial charge on any atom is 0.339 e. The van der Waals surface area contributed by atoms with Crippen molar-refractivity contribution in [1.29, 1.82) is 5.26 Å². The van der Waals surface area contributed by atoms with Crippen molar-refractivity contribution in [1.82, 2.24) is 4.57 Å². The quantitative estimate of drug-likeness (QED) is 0.735. The number of thiophene rings is 1. The second kappa shape index (κ2) is 6.13. The number of nitrogens with zero attached hydrogens (tertiary/aromatic N) is 2. The molecule has 3 aromatic rings. The van der Waals surface area contributed by atoms with Gasteiger partial charge in [0, 0.05) is 35.1 Å². The molecule has 0 amide bonds. The van der Waals surface area contributed by atoms with Gasteiger partial charge in [-0.15, -0.1) is 11.3 Å². The number of rotatable bonds is 3. The third kappa shape index (κ3) is 2.55. The fourth-order valence-electron chi connectivity index (χ4n) is 2.78. The van der Waals surface area contributed by atoms with Crippen LogP contribution in [0.15, 0.2) is 36.0 Å². The van der Waals surface area contributed by atoms with Crippen molar-refractivity contribution in [3.05, 3.63) is 47.1 Å². The fraction of sp³-hybridized carbons (Fsp3) is 0.111. The summed E-state index contributed by atoms with van der Waals surface area (Å²) in [5.41, 5.74) is 1.48. The molecule has 2 aromatic heterocycles. The number of ether oxygens (including phenoxy) is 2. The molecule has 0 spiro atoms. The standard InChI is InChI=1S/C18H12N2O5S/c19-6-10-7-20(11-1-2-12(18(22)23)14(21)5-11)8-13(10)17-16-15(9-26-17)24-3-4-25-16/h1-2,5,7-9,21H,3-4H2,(H,22,23). The summed E-state index contributed by atoms with van der Waals surface area (Å²) in [5.74, 6) is -0.257. The van der Waals surface area contributed by atoms with Crippen molar-refractivity contribution < 1.29 is 24.5 Å². The van der Waals surface area contributed by atoms with E-state index in [0.29, 0.717) is 41.5 Å². The van der Waals surface area contributed by atoms with E-state index in [4.69, 9.17) is 14.6 Å². The molecule has 8 heteroatoms. The molecule has 0 bridgehead atoms. The Morgan fingerprint density at radius 2 is 2.08 bits per heavy atom. The maximum atomic E-state index is 11.0. The van der Waals surface area contributed by atoms with Gasteiger partial charge in [-0.25, -0.2) is 4.79 Å². The van der Waals surface area contributed by atoms with Crippen LogP contribution >= 0.6 is 11.3 Å². The van der Waals surface area contributed by atoms with Gasteiger partial charge in [0.15, 0.2) is 11.5 Å². The smallest absolute Gasteiger partial charge is 0.339 e. The van der Waals surface area contributed by atoms with E-state index in [9.17, 15) is 15.2 Å². The summed E-state index contributed by atoms with van der Waals surface area (Å²) in [6.07, 6.45) is 3.37. The maximum absolute atomic E-state index is 11.0. The van der Waals surface area contributed by atoms with Gasteiger partial charge >= 0.3 is 5.97 Å². The predicted molar refractivity (Wildman–Crippen MR) is 93.4 cm³/mol. The lowest BCUT2D eigenvalue weighted by Crippen LogP contribution is -2.14. The van der Waals surface area contributed by atoms with Crippen LogP contribution < -0.4 is 9.47 Å². The lowest BCUT2D eigenvalue weighted by molar-refractivity contribution is 0.0693. The second-order valence-corrected chi connectivity index (χ2v) is 6.45. The third-order valence-electron chi connectivity index (χ3n) is 4.00. The highest BCUT2D eigenvalue weighted by Gasteiger charge is 2.23. The Hall–Kier alpha value is -3.44. The van der Waals surface area contributed by atoms with Crippen LogP contribution in [0.25, 0.3) is 16.1 Å². The number of aromatic carboxylic acids is 1. The number of carboxylic acids is 1. The molecule has 2 N–H and O–H groups in total. The van der Waals surface area contributed by atoms with Crippen molar-refractivity contribution in [2.24, 2.45) is 0 Å². The zero-order valence-electron chi connectivity index (χ0n) is 13.3. The van der Waals surface area contributed by atoms with E-state index >= 15 is 0 Å². The summed E-state index contributed by atoms with van der Waals surface area (Å²) in [6, 6.07) is 6.39. The average Bonchev–Trinajstić information content (AvgIpc) is 3.25. The SMILES string of the molecule is N#Cc1cn(-c2ccc(C(=O)O)c(O)c2)cc1-c1scc2c1OCCO2. The molecule has 0 radical (unpaired) electrons. The van der Waals surface area contributed by atoms with Gasteiger partial charge in [0.25, 0.3) is 0 Å². The summed E-state index contributed by atoms with van der Waals surface area (Å²) < 4.78 is 12.9. The number of hydrogen-bond acceptors (Lipinski definition) is 6. The molecule has 1 aliphatic heterocycles. The lowest BCUT2D eigenvalue weighted by Gasteiger charge is -2.15. The minimum atomic E-state index is -1.21. The van der Waals surface area contributed by atoms with Crippen LogP contribution in [-0.2, 0) is 0 Å². The molecule has 0 fully saturated rings. The summed E-state index contributed by atoms with van der Waals surface area (Å²) in [6.45, 7) is 0.939. The highest BCUT2D eigenvalue weighted by Crippen LogP contribution is 2.46. The first kappa shape index (κ1) is 16.1. The summed E-state index contributed by atoms with van der Waals surface area (Å²) in [4.78, 5) is 11.8. The number of phenols is 1. The second-order valence-electron chi connectivity index (χ2n) is 5.57. The van der Waals surface area contributed by atoms with Gasteiger partial charge in [-0.1, -0.05) is 0 Å². The normalized spacial score (nSPS) is 12.6. The van der Waals surface area contributed by atoms with E-state index in [2.05, 4.69) is 6.07 Å². The predicted octanol–water partition coefficient (Wildman–Crippen LogP) is 3.25. The number of nitriles is 1. The fourth-order valence-corrected chi connectivity index (χ4v) is 3.74. The Kier molecular flexibility index (Phi) is 3.78. The number of fused-ring (bicyclic) bond motifs is 1. The van der Waals surface area contributed by atoms with Crippen molar-refractivity contribution >= 4 is 17.3 Å². The van der Waals surface area contributed by atoms with E-state index in [-0.39, 0.29) is 11.3 Å². The molecular weight excluding hydrogens is 356 g/mol. The van der Waals surface area contributed by atoms with Crippen molar-refractivity contribution in [3.63, 3.8) is 0 Å². The van der Waals surface area contributed by atoms with E-state index in [1.807, 2.05) is 5.38 Å². The molecule has 1 aromatic carbocycles. The number of benzene rings is 1. The number of carboxylic acid groups (broad SMARTS) is 1. The number of aromatic nitrogens is 1. The topological polar surface area (TPSA) is 105 Å². The number of aromatic hydroxyl groups is 1. The summed E-state index contributed by atoms with van der Waals surface area (Å²) in [5, 5.41) is 30.3. The highest BCUT2D eigenvalue weighted by atomic mass is 32.1. The molecular formula is C18H12N2O5S. The molecule has 0 saturated heterocycles. The van der Waals surface area contributed by atoms with Crippen LogP contribution in [0.3, 0.4) is 0 Å². The Balaban J connectivity index is 1.80. The largest absolute Gasteiger partial charge is 0.507 e. The zero-order valence-corrected chi connectivity index (χ0v) is 14.1. The van der Waals surface area contributed by atoms with E-state index in [1.54, 1.807) is 23.0 Å². The van der Waals surface area contributed by atoms with Gasteiger partial charge in [0.05, 0.1) is 10.4 Å². The molecule has 0 aliphatic carbocycles. The van der Waals surface area contributed by atoms with Crippen LogP contribution in [0.2, 0.25) is 0 Å². The average molecular weight is 368 g/mol. The Morgan fingerprint density at radius 1 is 1.27 bits per heavy atom. The van der Waals surface area contributed by atoms with Gasteiger partial charge in [0.2, 0.25) is 0 Å². The molecule has 3 heterocycles. The molecule has 0 saturated carbocycles. The number of carbonyl (C=O) groups is 1. The monoisotopic (exact) mass is 368 g/mol. The van der Waals surface area contributed by atoms with Crippen LogP contribution in [0, 0.1) is 11.3 Å². The zero-order chi connectivity index (χ0) is 18.3. The summed E-state index contributed by atoms with van der Waals surface area (Å²) in [7, 11) is 0. The van der Waals surface area contributed by atoms with Crippen LogP contribution in [-0.4, -0.2) is 34.0 Å². The molecule has 0 atom stereocenters. The minimum absolute atomic E-state index is 0.181. The Morgan fingerprint density at radius 3 is 2.81 bits per heavy atom. The van der Waals surface area contributed by atoms with E-state index in [0.717, 1.165) is 4.88 Å². The van der Waals surface area contributed by atoms with Gasteiger partial charge in [0.1, 0.15) is 30.6 Å². The molecule has 1 aliphatic rings. The Labute approximate surface area is 151 Å². The first-order valence-electron chi connectivity index (χ1n) is 7.64. The molecule has 26 heavy (non-hydrogen) atoms. The van der Waals surface area contributed by atoms with Gasteiger partial charge in [-0.3, -0.25) is 0 Å². The first-order valence-corrected chi connectivity index (χ1v) is 8.52. The summed E-state index contributed by atoms with van der Waals surface area (Å²) >= 11 is 1.42. The lowest BCUT2D eigenvalue weighted by atomic mass is 10.1. The minimum Gasteiger partial charge on any atom is -0.507 e.